The first-order chi connectivity index (χ1) is 9.16. The first-order valence-electron chi connectivity index (χ1n) is 5.87. The quantitative estimate of drug-likeness (QED) is 0.835. The number of ether oxygens (including phenoxy) is 1. The Balaban J connectivity index is 2.20. The third-order valence-electron chi connectivity index (χ3n) is 3.17. The monoisotopic (exact) mass is 277 g/mol. The highest BCUT2D eigenvalue weighted by atomic mass is 35.5. The van der Waals surface area contributed by atoms with Crippen molar-refractivity contribution in [3.63, 3.8) is 0 Å². The molecular formula is C13H12ClN3O2. The van der Waals surface area contributed by atoms with Gasteiger partial charge in [0, 0.05) is 16.1 Å². The minimum atomic E-state index is 0.0836. The summed E-state index contributed by atoms with van der Waals surface area (Å²) in [6.45, 7) is 1.04. The van der Waals surface area contributed by atoms with Crippen molar-refractivity contribution in [3.05, 3.63) is 34.3 Å². The summed E-state index contributed by atoms with van der Waals surface area (Å²) in [4.78, 5) is 0. The van der Waals surface area contributed by atoms with E-state index in [0.29, 0.717) is 41.7 Å². The van der Waals surface area contributed by atoms with Crippen LogP contribution in [0.4, 0.5) is 5.82 Å². The number of benzene rings is 1. The molecule has 19 heavy (non-hydrogen) atoms. The van der Waals surface area contributed by atoms with E-state index in [9.17, 15) is 5.11 Å². The van der Waals surface area contributed by atoms with Crippen LogP contribution in [0.5, 0.6) is 5.75 Å². The zero-order valence-corrected chi connectivity index (χ0v) is 10.8. The maximum atomic E-state index is 10.0. The number of anilines is 1. The van der Waals surface area contributed by atoms with Crippen molar-refractivity contribution < 1.29 is 9.84 Å². The highest BCUT2D eigenvalue weighted by molar-refractivity contribution is 6.30. The van der Waals surface area contributed by atoms with Gasteiger partial charge in [-0.3, -0.25) is 0 Å². The summed E-state index contributed by atoms with van der Waals surface area (Å²) in [5.74, 6) is 0.465. The van der Waals surface area contributed by atoms with Gasteiger partial charge in [-0.15, -0.1) is 10.2 Å². The summed E-state index contributed by atoms with van der Waals surface area (Å²) in [6, 6.07) is 4.93. The molecule has 1 aliphatic heterocycles. The molecule has 0 fully saturated rings. The first-order valence-corrected chi connectivity index (χ1v) is 6.25. The lowest BCUT2D eigenvalue weighted by atomic mass is 9.98. The molecule has 1 aromatic carbocycles. The fraction of sp³-hybridized carbons (Fsp3) is 0.231. The van der Waals surface area contributed by atoms with Crippen molar-refractivity contribution in [1.82, 2.24) is 10.2 Å². The number of phenols is 1. The van der Waals surface area contributed by atoms with Crippen molar-refractivity contribution in [2.45, 2.75) is 13.0 Å². The van der Waals surface area contributed by atoms with Gasteiger partial charge in [-0.25, -0.2) is 0 Å². The third-order valence-corrected chi connectivity index (χ3v) is 3.41. The van der Waals surface area contributed by atoms with E-state index in [0.717, 1.165) is 11.1 Å². The summed E-state index contributed by atoms with van der Waals surface area (Å²) in [6.07, 6.45) is 0.701. The normalized spacial score (nSPS) is 14.2. The summed E-state index contributed by atoms with van der Waals surface area (Å²) in [5, 5.41) is 18.5. The van der Waals surface area contributed by atoms with Crippen LogP contribution in [-0.4, -0.2) is 21.9 Å². The second-order valence-corrected chi connectivity index (χ2v) is 4.79. The number of hydrogen-bond donors (Lipinski definition) is 2. The molecule has 0 atom stereocenters. The van der Waals surface area contributed by atoms with Gasteiger partial charge in [0.1, 0.15) is 11.4 Å². The van der Waals surface area contributed by atoms with Gasteiger partial charge in [0.05, 0.1) is 13.2 Å². The van der Waals surface area contributed by atoms with Crippen LogP contribution < -0.4 is 5.73 Å². The SMILES string of the molecule is Nc1nnc(-c2ccc(Cl)cc2O)c2c1COCC2. The predicted molar refractivity (Wildman–Crippen MR) is 71.9 cm³/mol. The number of nitrogen functional groups attached to an aromatic ring is 1. The summed E-state index contributed by atoms with van der Waals surface area (Å²) in [7, 11) is 0. The Hall–Kier alpha value is -1.85. The van der Waals surface area contributed by atoms with Gasteiger partial charge in [-0.1, -0.05) is 11.6 Å². The van der Waals surface area contributed by atoms with Gasteiger partial charge in [-0.05, 0) is 30.2 Å². The maximum absolute atomic E-state index is 10.0. The number of aromatic hydroxyl groups is 1. The smallest absolute Gasteiger partial charge is 0.151 e. The Kier molecular flexibility index (Phi) is 3.00. The van der Waals surface area contributed by atoms with Crippen LogP contribution in [0.15, 0.2) is 18.2 Å². The van der Waals surface area contributed by atoms with Crippen LogP contribution in [0.25, 0.3) is 11.3 Å². The molecule has 5 nitrogen and oxygen atoms in total. The Bertz CT molecular complexity index is 646. The van der Waals surface area contributed by atoms with E-state index in [2.05, 4.69) is 10.2 Å². The molecule has 0 aliphatic carbocycles. The number of nitrogens with two attached hydrogens (primary N) is 1. The number of nitrogens with zero attached hydrogens (tertiary/aromatic N) is 2. The molecule has 0 bridgehead atoms. The molecule has 0 saturated carbocycles. The zero-order chi connectivity index (χ0) is 13.4. The van der Waals surface area contributed by atoms with Crippen LogP contribution in [0.2, 0.25) is 5.02 Å². The standard InChI is InChI=1S/C13H12ClN3O2/c14-7-1-2-9(11(18)5-7)12-8-3-4-19-6-10(8)13(15)17-16-12/h1-2,5,18H,3-4,6H2,(H2,15,17). The molecule has 1 aromatic heterocycles. The maximum Gasteiger partial charge on any atom is 0.151 e. The lowest BCUT2D eigenvalue weighted by Crippen LogP contribution is -2.16. The minimum Gasteiger partial charge on any atom is -0.507 e. The molecule has 0 unspecified atom stereocenters. The average Bonchev–Trinajstić information content (AvgIpc) is 2.41. The fourth-order valence-electron chi connectivity index (χ4n) is 2.22. The average molecular weight is 278 g/mol. The lowest BCUT2D eigenvalue weighted by molar-refractivity contribution is 0.111. The highest BCUT2D eigenvalue weighted by Crippen LogP contribution is 2.35. The Morgan fingerprint density at radius 3 is 2.89 bits per heavy atom. The molecule has 3 rings (SSSR count). The predicted octanol–water partition coefficient (Wildman–Crippen LogP) is 2.16. The second kappa shape index (κ2) is 4.68. The molecule has 2 aromatic rings. The van der Waals surface area contributed by atoms with Crippen molar-refractivity contribution in [2.75, 3.05) is 12.3 Å². The number of halogens is 1. The van der Waals surface area contributed by atoms with Gasteiger partial charge in [0.25, 0.3) is 0 Å². The van der Waals surface area contributed by atoms with Crippen molar-refractivity contribution in [3.8, 4) is 17.0 Å². The third kappa shape index (κ3) is 2.11. The van der Waals surface area contributed by atoms with E-state index >= 15 is 0 Å². The van der Waals surface area contributed by atoms with Gasteiger partial charge < -0.3 is 15.6 Å². The molecule has 0 saturated heterocycles. The molecule has 2 heterocycles. The molecule has 0 radical (unpaired) electrons. The number of fused-ring (bicyclic) bond motifs is 1. The second-order valence-electron chi connectivity index (χ2n) is 4.36. The van der Waals surface area contributed by atoms with Crippen LogP contribution in [0.1, 0.15) is 11.1 Å². The van der Waals surface area contributed by atoms with Gasteiger partial charge in [0.15, 0.2) is 5.82 Å². The number of phenolic OH excluding ortho intramolecular Hbond substituents is 1. The fourth-order valence-corrected chi connectivity index (χ4v) is 2.39. The minimum absolute atomic E-state index is 0.0836. The number of aromatic nitrogens is 2. The molecular weight excluding hydrogens is 266 g/mol. The molecule has 1 aliphatic rings. The molecule has 0 spiro atoms. The summed E-state index contributed by atoms with van der Waals surface area (Å²) < 4.78 is 5.39. The van der Waals surface area contributed by atoms with E-state index < -0.39 is 0 Å². The van der Waals surface area contributed by atoms with Crippen LogP contribution in [0.3, 0.4) is 0 Å². The van der Waals surface area contributed by atoms with E-state index in [1.165, 1.54) is 6.07 Å². The van der Waals surface area contributed by atoms with Crippen molar-refractivity contribution in [1.29, 1.82) is 0 Å². The molecule has 6 heteroatoms. The van der Waals surface area contributed by atoms with Crippen molar-refractivity contribution in [2.24, 2.45) is 0 Å². The van der Waals surface area contributed by atoms with Gasteiger partial charge >= 0.3 is 0 Å². The van der Waals surface area contributed by atoms with E-state index in [1.807, 2.05) is 0 Å². The Morgan fingerprint density at radius 1 is 1.26 bits per heavy atom. The molecule has 98 valence electrons. The summed E-state index contributed by atoms with van der Waals surface area (Å²) >= 11 is 5.84. The van der Waals surface area contributed by atoms with E-state index in [-0.39, 0.29) is 5.75 Å². The van der Waals surface area contributed by atoms with Crippen LogP contribution >= 0.6 is 11.6 Å². The lowest BCUT2D eigenvalue weighted by Gasteiger charge is -2.20. The molecule has 0 amide bonds. The van der Waals surface area contributed by atoms with E-state index in [4.69, 9.17) is 22.1 Å². The first kappa shape index (κ1) is 12.2. The molecule has 3 N–H and O–H groups in total. The Labute approximate surface area is 115 Å². The largest absolute Gasteiger partial charge is 0.507 e. The van der Waals surface area contributed by atoms with Crippen LogP contribution in [0, 0.1) is 0 Å². The van der Waals surface area contributed by atoms with Gasteiger partial charge in [-0.2, -0.15) is 0 Å². The Morgan fingerprint density at radius 2 is 2.11 bits per heavy atom. The van der Waals surface area contributed by atoms with E-state index in [1.54, 1.807) is 12.1 Å². The highest BCUT2D eigenvalue weighted by Gasteiger charge is 2.21. The topological polar surface area (TPSA) is 81.3 Å². The van der Waals surface area contributed by atoms with Crippen molar-refractivity contribution >= 4 is 17.4 Å². The van der Waals surface area contributed by atoms with Crippen LogP contribution in [-0.2, 0) is 17.8 Å². The number of hydrogen-bond acceptors (Lipinski definition) is 5. The number of rotatable bonds is 1. The summed E-state index contributed by atoms with van der Waals surface area (Å²) in [5.41, 5.74) is 8.90. The zero-order valence-electron chi connectivity index (χ0n) is 10.1. The van der Waals surface area contributed by atoms with Gasteiger partial charge in [0.2, 0.25) is 0 Å².